The van der Waals surface area contributed by atoms with E-state index in [9.17, 15) is 0 Å². The Morgan fingerprint density at radius 1 is 1.53 bits per heavy atom. The van der Waals surface area contributed by atoms with E-state index < -0.39 is 0 Å². The van der Waals surface area contributed by atoms with E-state index in [0.717, 1.165) is 19.1 Å². The van der Waals surface area contributed by atoms with Crippen LogP contribution in [0.15, 0.2) is 12.5 Å². The lowest BCUT2D eigenvalue weighted by Gasteiger charge is -2.13. The van der Waals surface area contributed by atoms with Gasteiger partial charge in [-0.2, -0.15) is 0 Å². The molecule has 0 aliphatic heterocycles. The van der Waals surface area contributed by atoms with Crippen molar-refractivity contribution in [2.75, 3.05) is 0 Å². The largest absolute Gasteiger partial charge is 0.333 e. The summed E-state index contributed by atoms with van der Waals surface area (Å²) in [6.45, 7) is 4.50. The molecule has 0 saturated heterocycles. The van der Waals surface area contributed by atoms with Crippen molar-refractivity contribution in [3.63, 3.8) is 0 Å². The van der Waals surface area contributed by atoms with Crippen LogP contribution in [0.2, 0.25) is 0 Å². The van der Waals surface area contributed by atoms with Crippen molar-refractivity contribution in [2.45, 2.75) is 51.7 Å². The summed E-state index contributed by atoms with van der Waals surface area (Å²) in [7, 11) is 0. The SMILES string of the molecule is CC1(Cn2cncc2CNC2CC2)CC1. The second-order valence-electron chi connectivity index (χ2n) is 5.48. The molecule has 0 radical (unpaired) electrons. The minimum Gasteiger partial charge on any atom is -0.333 e. The molecule has 82 valence electrons. The fraction of sp³-hybridized carbons (Fsp3) is 0.750. The van der Waals surface area contributed by atoms with Gasteiger partial charge in [-0.15, -0.1) is 0 Å². The Hall–Kier alpha value is -0.830. The van der Waals surface area contributed by atoms with Crippen LogP contribution in [0.3, 0.4) is 0 Å². The molecule has 3 nitrogen and oxygen atoms in total. The second kappa shape index (κ2) is 3.34. The van der Waals surface area contributed by atoms with Crippen molar-refractivity contribution in [3.8, 4) is 0 Å². The summed E-state index contributed by atoms with van der Waals surface area (Å²) in [5.41, 5.74) is 1.91. The maximum absolute atomic E-state index is 4.26. The number of aromatic nitrogens is 2. The van der Waals surface area contributed by atoms with Crippen LogP contribution in [0.5, 0.6) is 0 Å². The highest BCUT2D eigenvalue weighted by molar-refractivity contribution is 5.02. The van der Waals surface area contributed by atoms with E-state index in [-0.39, 0.29) is 0 Å². The monoisotopic (exact) mass is 205 g/mol. The molecule has 15 heavy (non-hydrogen) atoms. The molecule has 2 aliphatic rings. The van der Waals surface area contributed by atoms with Crippen LogP contribution in [0.25, 0.3) is 0 Å². The Kier molecular flexibility index (Phi) is 2.09. The number of nitrogens with zero attached hydrogens (tertiary/aromatic N) is 2. The van der Waals surface area contributed by atoms with E-state index in [1.54, 1.807) is 0 Å². The number of hydrogen-bond acceptors (Lipinski definition) is 2. The van der Waals surface area contributed by atoms with Gasteiger partial charge in [0, 0.05) is 25.3 Å². The summed E-state index contributed by atoms with van der Waals surface area (Å²) in [6.07, 6.45) is 9.44. The first kappa shape index (κ1) is 9.40. The first-order chi connectivity index (χ1) is 7.25. The van der Waals surface area contributed by atoms with Gasteiger partial charge in [0.05, 0.1) is 12.0 Å². The zero-order valence-electron chi connectivity index (χ0n) is 9.37. The molecule has 0 aromatic carbocycles. The predicted molar refractivity (Wildman–Crippen MR) is 59.4 cm³/mol. The molecule has 0 bridgehead atoms. The zero-order valence-corrected chi connectivity index (χ0v) is 9.37. The van der Waals surface area contributed by atoms with Crippen LogP contribution in [-0.4, -0.2) is 15.6 Å². The van der Waals surface area contributed by atoms with Gasteiger partial charge in [-0.1, -0.05) is 6.92 Å². The first-order valence-electron chi connectivity index (χ1n) is 5.98. The van der Waals surface area contributed by atoms with E-state index in [4.69, 9.17) is 0 Å². The summed E-state index contributed by atoms with van der Waals surface area (Å²) >= 11 is 0. The van der Waals surface area contributed by atoms with Gasteiger partial charge in [0.2, 0.25) is 0 Å². The number of nitrogens with one attached hydrogen (secondary N) is 1. The molecule has 3 rings (SSSR count). The fourth-order valence-electron chi connectivity index (χ4n) is 1.96. The molecule has 2 fully saturated rings. The van der Waals surface area contributed by atoms with Gasteiger partial charge >= 0.3 is 0 Å². The van der Waals surface area contributed by atoms with Crippen molar-refractivity contribution in [1.29, 1.82) is 0 Å². The van der Waals surface area contributed by atoms with Crippen LogP contribution in [0, 0.1) is 5.41 Å². The quantitative estimate of drug-likeness (QED) is 0.796. The number of imidazole rings is 1. The van der Waals surface area contributed by atoms with Gasteiger partial charge in [0.15, 0.2) is 0 Å². The average molecular weight is 205 g/mol. The maximum Gasteiger partial charge on any atom is 0.0948 e. The van der Waals surface area contributed by atoms with Gasteiger partial charge in [-0.05, 0) is 31.1 Å². The second-order valence-corrected chi connectivity index (χ2v) is 5.48. The topological polar surface area (TPSA) is 29.9 Å². The highest BCUT2D eigenvalue weighted by Gasteiger charge is 2.37. The lowest BCUT2D eigenvalue weighted by atomic mass is 10.1. The van der Waals surface area contributed by atoms with Gasteiger partial charge in [-0.25, -0.2) is 4.98 Å². The van der Waals surface area contributed by atoms with Gasteiger partial charge in [-0.3, -0.25) is 0 Å². The Bertz CT molecular complexity index is 348. The standard InChI is InChI=1S/C12H19N3/c1-12(4-5-12)8-15-9-13-6-11(15)7-14-10-2-3-10/h6,9-10,14H,2-5,7-8H2,1H3. The summed E-state index contributed by atoms with van der Waals surface area (Å²) in [5, 5.41) is 3.54. The minimum absolute atomic E-state index is 0.565. The van der Waals surface area contributed by atoms with E-state index >= 15 is 0 Å². The summed E-state index contributed by atoms with van der Waals surface area (Å²) in [5.74, 6) is 0. The Balaban J connectivity index is 1.62. The van der Waals surface area contributed by atoms with Crippen LogP contribution < -0.4 is 5.32 Å². The molecule has 3 heteroatoms. The molecule has 0 unspecified atom stereocenters. The molecule has 0 amide bonds. The molecule has 1 aromatic heterocycles. The van der Waals surface area contributed by atoms with E-state index in [1.807, 2.05) is 12.5 Å². The Morgan fingerprint density at radius 3 is 3.00 bits per heavy atom. The third kappa shape index (κ3) is 2.23. The minimum atomic E-state index is 0.565. The fourth-order valence-corrected chi connectivity index (χ4v) is 1.96. The average Bonchev–Trinajstić information content (AvgIpc) is 3.10. The summed E-state index contributed by atoms with van der Waals surface area (Å²) in [4.78, 5) is 4.26. The van der Waals surface area contributed by atoms with Crippen LogP contribution in [0.4, 0.5) is 0 Å². The van der Waals surface area contributed by atoms with E-state index in [2.05, 4.69) is 21.8 Å². The van der Waals surface area contributed by atoms with Gasteiger partial charge in [0.1, 0.15) is 0 Å². The molecular weight excluding hydrogens is 186 g/mol. The van der Waals surface area contributed by atoms with E-state index in [1.165, 1.54) is 31.4 Å². The highest BCUT2D eigenvalue weighted by Crippen LogP contribution is 2.46. The molecule has 1 heterocycles. The van der Waals surface area contributed by atoms with Gasteiger partial charge < -0.3 is 9.88 Å². The predicted octanol–water partition coefficient (Wildman–Crippen LogP) is 1.94. The Labute approximate surface area is 90.9 Å². The van der Waals surface area contributed by atoms with Crippen molar-refractivity contribution in [3.05, 3.63) is 18.2 Å². The molecule has 2 saturated carbocycles. The maximum atomic E-state index is 4.26. The third-order valence-corrected chi connectivity index (χ3v) is 3.60. The molecular formula is C12H19N3. The van der Waals surface area contributed by atoms with Crippen molar-refractivity contribution >= 4 is 0 Å². The molecule has 1 aromatic rings. The van der Waals surface area contributed by atoms with Gasteiger partial charge in [0.25, 0.3) is 0 Å². The molecule has 1 N–H and O–H groups in total. The Morgan fingerprint density at radius 2 is 2.33 bits per heavy atom. The lowest BCUT2D eigenvalue weighted by molar-refractivity contribution is 0.449. The lowest BCUT2D eigenvalue weighted by Crippen LogP contribution is -2.19. The number of rotatable bonds is 5. The molecule has 0 atom stereocenters. The normalized spacial score (nSPS) is 23.0. The zero-order chi connectivity index (χ0) is 10.3. The highest BCUT2D eigenvalue weighted by atomic mass is 15.1. The summed E-state index contributed by atoms with van der Waals surface area (Å²) < 4.78 is 2.32. The van der Waals surface area contributed by atoms with Crippen LogP contribution >= 0.6 is 0 Å². The van der Waals surface area contributed by atoms with Crippen molar-refractivity contribution in [1.82, 2.24) is 14.9 Å². The van der Waals surface area contributed by atoms with E-state index in [0.29, 0.717) is 5.41 Å². The smallest absolute Gasteiger partial charge is 0.0948 e. The number of hydrogen-bond donors (Lipinski definition) is 1. The molecule has 2 aliphatic carbocycles. The van der Waals surface area contributed by atoms with Crippen LogP contribution in [0.1, 0.15) is 38.3 Å². The van der Waals surface area contributed by atoms with Crippen molar-refractivity contribution < 1.29 is 0 Å². The first-order valence-corrected chi connectivity index (χ1v) is 5.98. The summed E-state index contributed by atoms with van der Waals surface area (Å²) in [6, 6.07) is 0.782. The third-order valence-electron chi connectivity index (χ3n) is 3.60. The van der Waals surface area contributed by atoms with Crippen molar-refractivity contribution in [2.24, 2.45) is 5.41 Å². The van der Waals surface area contributed by atoms with Crippen LogP contribution in [-0.2, 0) is 13.1 Å². The molecule has 0 spiro atoms.